The maximum atomic E-state index is 11.9. The van der Waals surface area contributed by atoms with Crippen LogP contribution in [0, 0.1) is 0 Å². The van der Waals surface area contributed by atoms with Gasteiger partial charge in [0.1, 0.15) is 0 Å². The molecule has 9 heteroatoms. The molecule has 0 amide bonds. The Bertz CT molecular complexity index is 482. The van der Waals surface area contributed by atoms with Gasteiger partial charge in [-0.2, -0.15) is 13.2 Å². The molecule has 0 bridgehead atoms. The quantitative estimate of drug-likeness (QED) is 0.787. The monoisotopic (exact) mass is 302 g/mol. The van der Waals surface area contributed by atoms with E-state index in [1.807, 2.05) is 0 Å². The van der Waals surface area contributed by atoms with E-state index in [9.17, 15) is 21.6 Å². The van der Waals surface area contributed by atoms with E-state index in [1.165, 1.54) is 17.4 Å². The minimum Gasteiger partial charge on any atom is -0.326 e. The SMILES string of the molecule is NCc1sccc1S(=O)(=O)NCCCC(F)(F)F. The molecular weight excluding hydrogens is 289 g/mol. The maximum absolute atomic E-state index is 11.9. The van der Waals surface area contributed by atoms with Crippen LogP contribution in [0.5, 0.6) is 0 Å². The number of nitrogens with two attached hydrogens (primary N) is 1. The second kappa shape index (κ2) is 6.00. The lowest BCUT2D eigenvalue weighted by atomic mass is 10.3. The first-order valence-corrected chi connectivity index (χ1v) is 7.45. The van der Waals surface area contributed by atoms with Crippen molar-refractivity contribution in [1.82, 2.24) is 4.72 Å². The number of rotatable bonds is 6. The molecule has 0 radical (unpaired) electrons. The topological polar surface area (TPSA) is 72.2 Å². The molecule has 104 valence electrons. The second-order valence-corrected chi connectivity index (χ2v) is 6.26. The molecule has 1 aromatic heterocycles. The van der Waals surface area contributed by atoms with Crippen molar-refractivity contribution in [2.75, 3.05) is 6.54 Å². The minimum atomic E-state index is -4.27. The van der Waals surface area contributed by atoms with Crippen LogP contribution in [-0.2, 0) is 16.6 Å². The molecular formula is C9H13F3N2O2S2. The van der Waals surface area contributed by atoms with Gasteiger partial charge in [0.05, 0.1) is 4.90 Å². The summed E-state index contributed by atoms with van der Waals surface area (Å²) in [5.74, 6) is 0. The van der Waals surface area contributed by atoms with Crippen LogP contribution in [0.3, 0.4) is 0 Å². The Morgan fingerprint density at radius 2 is 2.06 bits per heavy atom. The molecule has 0 aliphatic carbocycles. The normalized spacial score (nSPS) is 12.9. The van der Waals surface area contributed by atoms with Gasteiger partial charge in [-0.1, -0.05) is 0 Å². The summed E-state index contributed by atoms with van der Waals surface area (Å²) >= 11 is 1.20. The van der Waals surface area contributed by atoms with E-state index in [2.05, 4.69) is 4.72 Å². The molecule has 0 fully saturated rings. The van der Waals surface area contributed by atoms with E-state index in [-0.39, 0.29) is 24.4 Å². The van der Waals surface area contributed by atoms with Crippen molar-refractivity contribution in [1.29, 1.82) is 0 Å². The van der Waals surface area contributed by atoms with Crippen molar-refractivity contribution in [2.45, 2.75) is 30.5 Å². The first kappa shape index (κ1) is 15.4. The van der Waals surface area contributed by atoms with Crippen LogP contribution in [0.25, 0.3) is 0 Å². The Labute approximate surface area is 107 Å². The third-order valence-corrected chi connectivity index (χ3v) is 4.73. The van der Waals surface area contributed by atoms with Crippen molar-refractivity contribution in [3.05, 3.63) is 16.3 Å². The number of sulfonamides is 1. The number of alkyl halides is 3. The minimum absolute atomic E-state index is 0.0435. The second-order valence-electron chi connectivity index (χ2n) is 3.53. The zero-order valence-corrected chi connectivity index (χ0v) is 11.0. The zero-order valence-electron chi connectivity index (χ0n) is 9.33. The summed E-state index contributed by atoms with van der Waals surface area (Å²) in [5, 5.41) is 1.58. The molecule has 1 heterocycles. The summed E-state index contributed by atoms with van der Waals surface area (Å²) < 4.78 is 61.3. The average Bonchev–Trinajstić information content (AvgIpc) is 2.72. The average molecular weight is 302 g/mol. The third-order valence-electron chi connectivity index (χ3n) is 2.11. The molecule has 0 unspecified atom stereocenters. The third kappa shape index (κ3) is 4.56. The van der Waals surface area contributed by atoms with Crippen molar-refractivity contribution in [3.8, 4) is 0 Å². The smallest absolute Gasteiger partial charge is 0.326 e. The summed E-state index contributed by atoms with van der Waals surface area (Å²) in [7, 11) is -3.76. The van der Waals surface area contributed by atoms with Gasteiger partial charge >= 0.3 is 6.18 Å². The van der Waals surface area contributed by atoms with E-state index < -0.39 is 22.6 Å². The summed E-state index contributed by atoms with van der Waals surface area (Å²) in [6, 6.07) is 1.39. The van der Waals surface area contributed by atoms with Gasteiger partial charge in [0.25, 0.3) is 0 Å². The maximum Gasteiger partial charge on any atom is 0.389 e. The molecule has 0 spiro atoms. The molecule has 0 saturated carbocycles. The van der Waals surface area contributed by atoms with E-state index in [0.717, 1.165) is 0 Å². The van der Waals surface area contributed by atoms with Crippen molar-refractivity contribution in [2.24, 2.45) is 5.73 Å². The molecule has 0 aliphatic rings. The van der Waals surface area contributed by atoms with Gasteiger partial charge < -0.3 is 5.73 Å². The number of halogens is 3. The number of nitrogens with one attached hydrogen (secondary N) is 1. The molecule has 0 saturated heterocycles. The molecule has 0 aromatic carbocycles. The summed E-state index contributed by atoms with van der Waals surface area (Å²) in [5.41, 5.74) is 5.37. The lowest BCUT2D eigenvalue weighted by molar-refractivity contribution is -0.135. The standard InChI is InChI=1S/C9H13F3N2O2S2/c10-9(11,12)3-1-4-14-18(15,16)8-2-5-17-7(8)6-13/h2,5,14H,1,3-4,6,13H2. The van der Waals surface area contributed by atoms with Crippen molar-refractivity contribution >= 4 is 21.4 Å². The molecule has 3 N–H and O–H groups in total. The van der Waals surface area contributed by atoms with E-state index >= 15 is 0 Å². The lowest BCUT2D eigenvalue weighted by Gasteiger charge is -2.08. The van der Waals surface area contributed by atoms with E-state index in [4.69, 9.17) is 5.73 Å². The summed E-state index contributed by atoms with van der Waals surface area (Å²) in [6.07, 6.45) is -5.57. The number of hydrogen-bond acceptors (Lipinski definition) is 4. The van der Waals surface area contributed by atoms with Gasteiger partial charge in [-0.25, -0.2) is 13.1 Å². The fourth-order valence-electron chi connectivity index (χ4n) is 1.29. The van der Waals surface area contributed by atoms with Gasteiger partial charge in [0.15, 0.2) is 0 Å². The van der Waals surface area contributed by atoms with Crippen LogP contribution in [0.4, 0.5) is 13.2 Å². The highest BCUT2D eigenvalue weighted by Crippen LogP contribution is 2.22. The molecule has 0 atom stereocenters. The van der Waals surface area contributed by atoms with Crippen LogP contribution in [0.1, 0.15) is 17.7 Å². The highest BCUT2D eigenvalue weighted by atomic mass is 32.2. The van der Waals surface area contributed by atoms with Gasteiger partial charge in [-0.3, -0.25) is 0 Å². The van der Waals surface area contributed by atoms with Crippen molar-refractivity contribution in [3.63, 3.8) is 0 Å². The molecule has 1 rings (SSSR count). The van der Waals surface area contributed by atoms with Gasteiger partial charge in [-0.15, -0.1) is 11.3 Å². The van der Waals surface area contributed by atoms with Crippen LogP contribution < -0.4 is 10.5 Å². The predicted molar refractivity (Wildman–Crippen MR) is 62.7 cm³/mol. The van der Waals surface area contributed by atoms with E-state index in [0.29, 0.717) is 4.88 Å². The highest BCUT2D eigenvalue weighted by Gasteiger charge is 2.26. The van der Waals surface area contributed by atoms with Gasteiger partial charge in [-0.05, 0) is 17.9 Å². The Morgan fingerprint density at radius 3 is 2.61 bits per heavy atom. The van der Waals surface area contributed by atoms with Gasteiger partial charge in [0.2, 0.25) is 10.0 Å². The first-order valence-electron chi connectivity index (χ1n) is 5.09. The Balaban J connectivity index is 2.56. The molecule has 18 heavy (non-hydrogen) atoms. The van der Waals surface area contributed by atoms with Gasteiger partial charge in [0, 0.05) is 24.4 Å². The molecule has 4 nitrogen and oxygen atoms in total. The number of hydrogen-bond donors (Lipinski definition) is 2. The Hall–Kier alpha value is -0.640. The molecule has 1 aromatic rings. The van der Waals surface area contributed by atoms with Crippen molar-refractivity contribution < 1.29 is 21.6 Å². The zero-order chi connectivity index (χ0) is 13.8. The Morgan fingerprint density at radius 1 is 1.39 bits per heavy atom. The predicted octanol–water partition coefficient (Wildman–Crippen LogP) is 1.83. The fraction of sp³-hybridized carbons (Fsp3) is 0.556. The van der Waals surface area contributed by atoms with Crippen LogP contribution in [0.2, 0.25) is 0 Å². The largest absolute Gasteiger partial charge is 0.389 e. The summed E-state index contributed by atoms with van der Waals surface area (Å²) in [6.45, 7) is -0.168. The lowest BCUT2D eigenvalue weighted by Crippen LogP contribution is -2.26. The summed E-state index contributed by atoms with van der Waals surface area (Å²) in [4.78, 5) is 0.528. The highest BCUT2D eigenvalue weighted by molar-refractivity contribution is 7.89. The van der Waals surface area contributed by atoms with Crippen LogP contribution in [-0.4, -0.2) is 21.1 Å². The van der Waals surface area contributed by atoms with E-state index in [1.54, 1.807) is 5.38 Å². The first-order chi connectivity index (χ1) is 8.26. The number of thiophene rings is 1. The Kier molecular flexibility index (Phi) is 5.14. The fourth-order valence-corrected chi connectivity index (χ4v) is 3.70. The van der Waals surface area contributed by atoms with Crippen LogP contribution >= 0.6 is 11.3 Å². The molecule has 0 aliphatic heterocycles. The van der Waals surface area contributed by atoms with Crippen LogP contribution in [0.15, 0.2) is 16.3 Å².